The molecule has 6 fully saturated rings. The number of likely N-dealkylation sites (tertiary alicyclic amines) is 1. The van der Waals surface area contributed by atoms with E-state index in [0.717, 1.165) is 36.8 Å². The van der Waals surface area contributed by atoms with Crippen LogP contribution in [0.1, 0.15) is 39.5 Å². The zero-order valence-corrected chi connectivity index (χ0v) is 16.2. The van der Waals surface area contributed by atoms with Crippen molar-refractivity contribution in [1.29, 1.82) is 0 Å². The van der Waals surface area contributed by atoms with Gasteiger partial charge in [0.15, 0.2) is 6.04 Å². The third kappa shape index (κ3) is 2.28. The monoisotopic (exact) mass is 377 g/mol. The van der Waals surface area contributed by atoms with Gasteiger partial charge in [-0.2, -0.15) is 0 Å². The minimum absolute atomic E-state index is 0.129. The van der Waals surface area contributed by atoms with E-state index in [-0.39, 0.29) is 11.3 Å². The van der Waals surface area contributed by atoms with E-state index in [1.807, 2.05) is 20.2 Å². The van der Waals surface area contributed by atoms with Crippen LogP contribution in [0.5, 0.6) is 0 Å². The predicted octanol–water partition coefficient (Wildman–Crippen LogP) is 1.90. The molecular weight excluding hydrogens is 350 g/mol. The van der Waals surface area contributed by atoms with Crippen LogP contribution in [0.4, 0.5) is 0 Å². The van der Waals surface area contributed by atoms with Crippen LogP contribution in [0, 0.1) is 23.7 Å². The lowest BCUT2D eigenvalue weighted by atomic mass is 9.60. The topological polar surface area (TPSA) is 73.2 Å². The number of rotatable bonds is 3. The van der Waals surface area contributed by atoms with Crippen LogP contribution >= 0.6 is 11.8 Å². The molecule has 0 radical (unpaired) electrons. The summed E-state index contributed by atoms with van der Waals surface area (Å²) in [7, 11) is 0. The predicted molar refractivity (Wildman–Crippen MR) is 100 cm³/mol. The molecule has 142 valence electrons. The summed E-state index contributed by atoms with van der Waals surface area (Å²) < 4.78 is -0.474. The van der Waals surface area contributed by atoms with E-state index in [4.69, 9.17) is 0 Å². The molecule has 3 aliphatic carbocycles. The van der Waals surface area contributed by atoms with Crippen LogP contribution in [0.2, 0.25) is 0 Å². The Bertz CT molecular complexity index is 653. The van der Waals surface area contributed by atoms with Gasteiger partial charge in [0.1, 0.15) is 11.4 Å². The number of carboxylic acid groups (broad SMARTS) is 1. The van der Waals surface area contributed by atoms with Crippen molar-refractivity contribution in [2.45, 2.75) is 61.7 Å². The first-order valence-electron chi connectivity index (χ1n) is 9.87. The first-order valence-corrected chi connectivity index (χ1v) is 10.7. The normalized spacial score (nSPS) is 45.8. The second kappa shape index (κ2) is 5.63. The molecule has 3 saturated carbocycles. The summed E-state index contributed by atoms with van der Waals surface area (Å²) >= 11 is 1.57. The molecule has 26 heavy (non-hydrogen) atoms. The fraction of sp³-hybridized carbons (Fsp3) is 0.842. The number of hydrogen-bond acceptors (Lipinski definition) is 4. The summed E-state index contributed by atoms with van der Waals surface area (Å²) in [5.74, 6) is 2.38. The summed E-state index contributed by atoms with van der Waals surface area (Å²) in [4.78, 5) is 32.6. The number of carbonyl (C=O) groups is 2. The zero-order chi connectivity index (χ0) is 18.2. The molecule has 0 aromatic carbocycles. The van der Waals surface area contributed by atoms with Crippen LogP contribution in [0.3, 0.4) is 0 Å². The van der Waals surface area contributed by atoms with Gasteiger partial charge in [0.25, 0.3) is 5.91 Å². The fourth-order valence-electron chi connectivity index (χ4n) is 6.28. The minimum atomic E-state index is -0.917. The van der Waals surface area contributed by atoms with Gasteiger partial charge in [-0.15, -0.1) is 11.8 Å². The van der Waals surface area contributed by atoms with Crippen LogP contribution in [0.15, 0.2) is 4.99 Å². The van der Waals surface area contributed by atoms with Gasteiger partial charge >= 0.3 is 5.97 Å². The molecule has 2 unspecified atom stereocenters. The molecule has 0 spiro atoms. The van der Waals surface area contributed by atoms with Crippen molar-refractivity contribution < 1.29 is 14.7 Å². The van der Waals surface area contributed by atoms with Crippen molar-refractivity contribution in [2.24, 2.45) is 28.7 Å². The number of thioether (sulfide) groups is 1. The highest BCUT2D eigenvalue weighted by molar-refractivity contribution is 8.01. The maximum atomic E-state index is 12.5. The van der Waals surface area contributed by atoms with E-state index in [9.17, 15) is 14.7 Å². The first-order chi connectivity index (χ1) is 12.4. The lowest BCUT2D eigenvalue weighted by Crippen LogP contribution is -2.65. The van der Waals surface area contributed by atoms with Gasteiger partial charge in [-0.25, -0.2) is 4.79 Å². The Labute approximate surface area is 158 Å². The molecule has 6 nitrogen and oxygen atoms in total. The minimum Gasteiger partial charge on any atom is -0.480 e. The van der Waals surface area contributed by atoms with Gasteiger partial charge in [0.2, 0.25) is 0 Å². The third-order valence-electron chi connectivity index (χ3n) is 7.51. The molecule has 3 aliphatic heterocycles. The van der Waals surface area contributed by atoms with Crippen molar-refractivity contribution in [2.75, 3.05) is 13.1 Å². The number of fused-ring (bicyclic) bond motifs is 3. The molecule has 0 aromatic rings. The van der Waals surface area contributed by atoms with Crippen molar-refractivity contribution in [3.05, 3.63) is 0 Å². The van der Waals surface area contributed by atoms with Crippen LogP contribution in [0.25, 0.3) is 0 Å². The van der Waals surface area contributed by atoms with Crippen molar-refractivity contribution in [1.82, 2.24) is 9.80 Å². The molecule has 6 aliphatic rings. The van der Waals surface area contributed by atoms with E-state index < -0.39 is 22.8 Å². The van der Waals surface area contributed by atoms with Gasteiger partial charge in [-0.05, 0) is 63.2 Å². The number of hydrogen-bond donors (Lipinski definition) is 1. The van der Waals surface area contributed by atoms with Gasteiger partial charge in [-0.1, -0.05) is 0 Å². The molecule has 3 saturated heterocycles. The molecule has 1 amide bonds. The van der Waals surface area contributed by atoms with E-state index in [1.165, 1.54) is 30.6 Å². The molecular formula is C19H27N3O3S. The summed E-state index contributed by atoms with van der Waals surface area (Å²) in [5, 5.41) is 9.37. The molecule has 5 atom stereocenters. The first kappa shape index (κ1) is 16.9. The average Bonchev–Trinajstić information content (AvgIpc) is 3.14. The van der Waals surface area contributed by atoms with E-state index in [1.54, 1.807) is 11.8 Å². The van der Waals surface area contributed by atoms with Gasteiger partial charge in [-0.3, -0.25) is 9.79 Å². The smallest absolute Gasteiger partial charge is 0.327 e. The molecule has 1 N–H and O–H groups in total. The van der Waals surface area contributed by atoms with E-state index in [0.29, 0.717) is 0 Å². The Morgan fingerprint density at radius 2 is 1.77 bits per heavy atom. The average molecular weight is 378 g/mol. The maximum Gasteiger partial charge on any atom is 0.327 e. The Morgan fingerprint density at radius 1 is 1.19 bits per heavy atom. The Hall–Kier alpha value is -1.24. The van der Waals surface area contributed by atoms with E-state index in [2.05, 4.69) is 9.89 Å². The van der Waals surface area contributed by atoms with Crippen LogP contribution in [-0.4, -0.2) is 68.4 Å². The second-order valence-corrected chi connectivity index (χ2v) is 11.0. The molecule has 0 aromatic heterocycles. The summed E-state index contributed by atoms with van der Waals surface area (Å²) in [6.45, 7) is 5.98. The van der Waals surface area contributed by atoms with E-state index >= 15 is 0 Å². The Morgan fingerprint density at radius 3 is 2.31 bits per heavy atom. The number of nitrogens with zero attached hydrogens (tertiary/aromatic N) is 3. The Kier molecular flexibility index (Phi) is 3.66. The zero-order valence-electron chi connectivity index (χ0n) is 15.4. The molecule has 7 heteroatoms. The highest BCUT2D eigenvalue weighted by atomic mass is 32.2. The highest BCUT2D eigenvalue weighted by Gasteiger charge is 2.64. The molecule has 2 bridgehead atoms. The number of carboxylic acids is 1. The Balaban J connectivity index is 1.27. The summed E-state index contributed by atoms with van der Waals surface area (Å²) in [5.41, 5.74) is 0. The lowest BCUT2D eigenvalue weighted by Gasteiger charge is -2.44. The summed E-state index contributed by atoms with van der Waals surface area (Å²) in [6, 6.07) is -1.16. The number of aliphatic imine (C=N–C) groups is 1. The third-order valence-corrected chi connectivity index (χ3v) is 9.06. The number of β-lactam (4-membered cyclic amide) rings is 1. The summed E-state index contributed by atoms with van der Waals surface area (Å²) in [6.07, 6.45) is 7.50. The number of carbonyl (C=O) groups excluding carboxylic acids is 1. The van der Waals surface area contributed by atoms with Crippen molar-refractivity contribution in [3.8, 4) is 0 Å². The standard InChI is InChI=1S/C19H27N3O3S/c1-19(2)15(18(24)25)22-16(23)14(17(22)26-19)20-9-21-7-12-10-3-4-11(6-5-10)13(12)8-21/h9-15,17H,3-8H2,1-2H3,(H,24,25)/t10?,11?,12?,13?,14-,15+,17-/m1/s1. The number of aliphatic carboxylic acids is 1. The lowest BCUT2D eigenvalue weighted by molar-refractivity contribution is -0.158. The largest absolute Gasteiger partial charge is 0.480 e. The molecule has 3 heterocycles. The van der Waals surface area contributed by atoms with Crippen LogP contribution in [-0.2, 0) is 9.59 Å². The van der Waals surface area contributed by atoms with Gasteiger partial charge < -0.3 is 14.9 Å². The fourth-order valence-corrected chi connectivity index (χ4v) is 7.90. The SMILES string of the molecule is CC1(C)S[C@@H]2[C@H](N=CN3CC4C5CCC(CC5)C4C3)C(=O)N2[C@H]1C(=O)O. The molecule has 6 rings (SSSR count). The second-order valence-electron chi connectivity index (χ2n) is 9.26. The van der Waals surface area contributed by atoms with Gasteiger partial charge in [0.05, 0.1) is 6.34 Å². The highest BCUT2D eigenvalue weighted by Crippen LogP contribution is 2.53. The van der Waals surface area contributed by atoms with Gasteiger partial charge in [0, 0.05) is 17.8 Å². The van der Waals surface area contributed by atoms with Crippen molar-refractivity contribution in [3.63, 3.8) is 0 Å². The maximum absolute atomic E-state index is 12.5. The number of amides is 1. The van der Waals surface area contributed by atoms with Crippen LogP contribution < -0.4 is 0 Å². The van der Waals surface area contributed by atoms with Crippen molar-refractivity contribution >= 4 is 30.0 Å². The quantitative estimate of drug-likeness (QED) is 0.462.